The molecule has 0 saturated heterocycles. The fourth-order valence-corrected chi connectivity index (χ4v) is 2.52. The first-order valence-corrected chi connectivity index (χ1v) is 9.54. The average molecular weight is 659 g/mol. The maximum absolute atomic E-state index is 13.2. The van der Waals surface area contributed by atoms with E-state index in [0.29, 0.717) is 11.4 Å². The van der Waals surface area contributed by atoms with Gasteiger partial charge >= 0.3 is 0 Å². The van der Waals surface area contributed by atoms with Gasteiger partial charge in [0, 0.05) is 68.2 Å². The van der Waals surface area contributed by atoms with Crippen molar-refractivity contribution >= 4 is 0 Å². The SMILES string of the molecule is Fc1c[c-]c(-c2ccccn2)c(F)c1.Fc1c[c-]c(-c2ccccn2)c(F)c1.O.[Ir].c1cn[nH]c1. The number of pyridine rings is 2. The van der Waals surface area contributed by atoms with Crippen molar-refractivity contribution in [3.63, 3.8) is 0 Å². The minimum absolute atomic E-state index is 0. The van der Waals surface area contributed by atoms with Crippen LogP contribution in [0.25, 0.3) is 22.5 Å². The second-order valence-electron chi connectivity index (χ2n) is 6.28. The summed E-state index contributed by atoms with van der Waals surface area (Å²) in [6.07, 6.45) is 6.55. The van der Waals surface area contributed by atoms with Crippen LogP contribution in [0.4, 0.5) is 17.6 Å². The van der Waals surface area contributed by atoms with Crippen LogP contribution in [0.15, 0.2) is 91.5 Å². The molecule has 0 bridgehead atoms. The number of halogens is 4. The van der Waals surface area contributed by atoms with Gasteiger partial charge in [0.2, 0.25) is 0 Å². The molecule has 0 aliphatic rings. The summed E-state index contributed by atoms with van der Waals surface area (Å²) >= 11 is 0. The second kappa shape index (κ2) is 15.2. The largest absolute Gasteiger partial charge is 0.412 e. The Morgan fingerprint density at radius 2 is 1.14 bits per heavy atom. The monoisotopic (exact) mass is 659 g/mol. The number of nitrogens with zero attached hydrogens (tertiary/aromatic N) is 3. The number of hydrogen-bond donors (Lipinski definition) is 1. The zero-order valence-electron chi connectivity index (χ0n) is 17.8. The van der Waals surface area contributed by atoms with Gasteiger partial charge in [-0.25, -0.2) is 0 Å². The summed E-state index contributed by atoms with van der Waals surface area (Å²) in [5.41, 5.74) is 1.27. The Labute approximate surface area is 212 Å². The van der Waals surface area contributed by atoms with Crippen molar-refractivity contribution in [3.05, 3.63) is 127 Å². The Morgan fingerprint density at radius 1 is 0.657 bits per heavy atom. The summed E-state index contributed by atoms with van der Waals surface area (Å²) in [5, 5.41) is 6.21. The summed E-state index contributed by atoms with van der Waals surface area (Å²) < 4.78 is 51.6. The van der Waals surface area contributed by atoms with Crippen LogP contribution in [0, 0.1) is 35.4 Å². The van der Waals surface area contributed by atoms with Gasteiger partial charge < -0.3 is 15.4 Å². The first-order chi connectivity index (χ1) is 16.0. The molecule has 35 heavy (non-hydrogen) atoms. The van der Waals surface area contributed by atoms with Gasteiger partial charge in [-0.3, -0.25) is 22.7 Å². The van der Waals surface area contributed by atoms with Gasteiger partial charge in [-0.15, -0.1) is 24.3 Å². The van der Waals surface area contributed by atoms with Crippen LogP contribution in [0.3, 0.4) is 0 Å². The molecule has 0 unspecified atom stereocenters. The minimum atomic E-state index is -0.649. The van der Waals surface area contributed by atoms with Crippen LogP contribution in [-0.4, -0.2) is 25.6 Å². The summed E-state index contributed by atoms with van der Waals surface area (Å²) in [6.45, 7) is 0. The van der Waals surface area contributed by atoms with Crippen LogP contribution in [0.1, 0.15) is 0 Å². The Bertz CT molecular complexity index is 1160. The van der Waals surface area contributed by atoms with Crippen LogP contribution < -0.4 is 0 Å². The average Bonchev–Trinajstić information content (AvgIpc) is 3.41. The third kappa shape index (κ3) is 9.21. The molecular formula is C25H18F4IrN4O-2. The van der Waals surface area contributed by atoms with E-state index in [1.54, 1.807) is 61.2 Å². The van der Waals surface area contributed by atoms with E-state index in [1.165, 1.54) is 0 Å². The quantitative estimate of drug-likeness (QED) is 0.208. The zero-order chi connectivity index (χ0) is 23.5. The fraction of sp³-hybridized carbons (Fsp3) is 0. The molecule has 0 spiro atoms. The molecule has 0 atom stereocenters. The third-order valence-electron chi connectivity index (χ3n) is 3.96. The van der Waals surface area contributed by atoms with Gasteiger partial charge in [0.1, 0.15) is 0 Å². The van der Waals surface area contributed by atoms with Gasteiger partial charge in [-0.05, 0) is 29.6 Å². The Balaban J connectivity index is 0.000000279. The molecule has 183 valence electrons. The zero-order valence-corrected chi connectivity index (χ0v) is 20.2. The van der Waals surface area contributed by atoms with Gasteiger partial charge in [-0.1, -0.05) is 47.5 Å². The molecule has 3 aromatic heterocycles. The molecule has 0 aliphatic heterocycles. The molecular weight excluding hydrogens is 641 g/mol. The molecule has 3 N–H and O–H groups in total. The van der Waals surface area contributed by atoms with Crippen LogP contribution in [0.5, 0.6) is 0 Å². The van der Waals surface area contributed by atoms with E-state index < -0.39 is 23.3 Å². The van der Waals surface area contributed by atoms with E-state index in [0.717, 1.165) is 24.3 Å². The fourth-order valence-electron chi connectivity index (χ4n) is 2.52. The summed E-state index contributed by atoms with van der Waals surface area (Å²) in [6, 6.07) is 20.9. The number of aromatic amines is 1. The molecule has 5 rings (SSSR count). The van der Waals surface area contributed by atoms with Crippen LogP contribution in [-0.2, 0) is 20.1 Å². The van der Waals surface area contributed by atoms with Crippen molar-refractivity contribution < 1.29 is 43.1 Å². The van der Waals surface area contributed by atoms with Crippen molar-refractivity contribution in [3.8, 4) is 22.5 Å². The standard InChI is InChI=1S/2C11H6F2N.C3H4N2.Ir.H2O/c2*12-8-4-5-9(10(13)7-8)11-3-1-2-6-14-11;1-2-4-5-3-1;;/h2*1-4,6-7H;1-3H,(H,4,5);;1H2/q2*-1;;;. The van der Waals surface area contributed by atoms with E-state index >= 15 is 0 Å². The number of aromatic nitrogens is 4. The van der Waals surface area contributed by atoms with E-state index in [2.05, 4.69) is 32.3 Å². The van der Waals surface area contributed by atoms with Crippen molar-refractivity contribution in [2.24, 2.45) is 0 Å². The Kier molecular flexibility index (Phi) is 12.8. The van der Waals surface area contributed by atoms with Crippen LogP contribution >= 0.6 is 0 Å². The molecule has 0 fully saturated rings. The molecule has 3 heterocycles. The third-order valence-corrected chi connectivity index (χ3v) is 3.96. The minimum Gasteiger partial charge on any atom is -0.412 e. The molecule has 0 saturated carbocycles. The number of nitrogens with one attached hydrogen (secondary N) is 1. The smallest absolute Gasteiger partial charge is 0.0487 e. The molecule has 1 radical (unpaired) electrons. The Hall–Kier alpha value is -3.72. The number of rotatable bonds is 2. The van der Waals surface area contributed by atoms with Gasteiger partial charge in [0.25, 0.3) is 0 Å². The summed E-state index contributed by atoms with van der Waals surface area (Å²) in [4.78, 5) is 7.89. The van der Waals surface area contributed by atoms with E-state index in [4.69, 9.17) is 0 Å². The second-order valence-corrected chi connectivity index (χ2v) is 6.28. The van der Waals surface area contributed by atoms with E-state index in [-0.39, 0.29) is 36.7 Å². The molecule has 10 heteroatoms. The van der Waals surface area contributed by atoms with Gasteiger partial charge in [0.05, 0.1) is 0 Å². The first-order valence-electron chi connectivity index (χ1n) is 9.54. The van der Waals surface area contributed by atoms with Crippen molar-refractivity contribution in [1.29, 1.82) is 0 Å². The van der Waals surface area contributed by atoms with Crippen LogP contribution in [0.2, 0.25) is 0 Å². The molecule has 5 aromatic rings. The normalized spacial score (nSPS) is 9.26. The first kappa shape index (κ1) is 29.3. The number of benzene rings is 2. The predicted octanol–water partition coefficient (Wildman–Crippen LogP) is 5.24. The van der Waals surface area contributed by atoms with Crippen molar-refractivity contribution in [2.75, 3.05) is 0 Å². The maximum atomic E-state index is 13.2. The molecule has 0 aliphatic carbocycles. The van der Waals surface area contributed by atoms with Crippen molar-refractivity contribution in [2.45, 2.75) is 0 Å². The summed E-state index contributed by atoms with van der Waals surface area (Å²) in [7, 11) is 0. The topological polar surface area (TPSA) is 86.0 Å². The predicted molar refractivity (Wildman–Crippen MR) is 119 cm³/mol. The summed E-state index contributed by atoms with van der Waals surface area (Å²) in [5.74, 6) is -2.57. The van der Waals surface area contributed by atoms with E-state index in [9.17, 15) is 17.6 Å². The van der Waals surface area contributed by atoms with Gasteiger partial charge in [-0.2, -0.15) is 5.10 Å². The van der Waals surface area contributed by atoms with Crippen molar-refractivity contribution in [1.82, 2.24) is 20.2 Å². The number of hydrogen-bond acceptors (Lipinski definition) is 3. The number of H-pyrrole nitrogens is 1. The maximum Gasteiger partial charge on any atom is 0.0487 e. The molecule has 0 amide bonds. The van der Waals surface area contributed by atoms with E-state index in [1.807, 2.05) is 6.07 Å². The molecule has 2 aromatic carbocycles. The Morgan fingerprint density at radius 3 is 1.43 bits per heavy atom. The molecule has 5 nitrogen and oxygen atoms in total. The van der Waals surface area contributed by atoms with Gasteiger partial charge in [0.15, 0.2) is 0 Å².